The van der Waals surface area contributed by atoms with Gasteiger partial charge in [-0.3, -0.25) is 4.90 Å². The zero-order valence-electron chi connectivity index (χ0n) is 14.8. The summed E-state index contributed by atoms with van der Waals surface area (Å²) >= 11 is 0. The molecule has 20 heavy (non-hydrogen) atoms. The average Bonchev–Trinajstić information content (AvgIpc) is 2.44. The quantitative estimate of drug-likeness (QED) is 0.755. The fourth-order valence-electron chi connectivity index (χ4n) is 3.66. The first-order chi connectivity index (χ1) is 9.27. The number of hydrogen-bond donors (Lipinski definition) is 1. The lowest BCUT2D eigenvalue weighted by molar-refractivity contribution is 0.0300. The average molecular weight is 283 g/mol. The summed E-state index contributed by atoms with van der Waals surface area (Å²) in [4.78, 5) is 2.57. The molecule has 0 aliphatic heterocycles. The van der Waals surface area contributed by atoms with Crippen LogP contribution in [0.15, 0.2) is 0 Å². The summed E-state index contributed by atoms with van der Waals surface area (Å²) in [5.74, 6) is 1.66. The predicted octanol–water partition coefficient (Wildman–Crippen LogP) is 4.29. The van der Waals surface area contributed by atoms with Crippen molar-refractivity contribution in [1.82, 2.24) is 4.90 Å². The first-order valence-electron chi connectivity index (χ1n) is 8.68. The van der Waals surface area contributed by atoms with Gasteiger partial charge in [-0.05, 0) is 62.9 Å². The van der Waals surface area contributed by atoms with Gasteiger partial charge in [-0.2, -0.15) is 0 Å². The number of nitrogens with zero attached hydrogens (tertiary/aromatic N) is 1. The van der Waals surface area contributed by atoms with Crippen molar-refractivity contribution in [2.45, 2.75) is 78.7 Å². The molecule has 0 aromatic carbocycles. The van der Waals surface area contributed by atoms with Crippen molar-refractivity contribution in [2.24, 2.45) is 23.0 Å². The van der Waals surface area contributed by atoms with E-state index in [9.17, 15) is 0 Å². The number of likely N-dealkylation sites (N-methyl/N-ethyl adjacent to an activating group) is 1. The summed E-state index contributed by atoms with van der Waals surface area (Å²) < 4.78 is 0. The fraction of sp³-hybridized carbons (Fsp3) is 1.00. The third-order valence-corrected chi connectivity index (χ3v) is 6.16. The van der Waals surface area contributed by atoms with Crippen molar-refractivity contribution >= 4 is 0 Å². The molecule has 2 heteroatoms. The first-order valence-corrected chi connectivity index (χ1v) is 8.68. The van der Waals surface area contributed by atoms with E-state index < -0.39 is 0 Å². The third kappa shape index (κ3) is 4.21. The summed E-state index contributed by atoms with van der Waals surface area (Å²) in [6.45, 7) is 13.8. The van der Waals surface area contributed by atoms with E-state index in [0.717, 1.165) is 18.4 Å². The van der Waals surface area contributed by atoms with Gasteiger partial charge >= 0.3 is 0 Å². The monoisotopic (exact) mass is 282 g/mol. The van der Waals surface area contributed by atoms with E-state index >= 15 is 0 Å². The summed E-state index contributed by atoms with van der Waals surface area (Å²) in [7, 11) is 2.29. The van der Waals surface area contributed by atoms with Crippen molar-refractivity contribution in [3.8, 4) is 0 Å². The van der Waals surface area contributed by atoms with Crippen LogP contribution in [-0.4, -0.2) is 30.6 Å². The SMILES string of the molecule is CCC(C)(C)C1CCC(CN)(N(C)CCC(C)C)CC1. The molecule has 1 rings (SSSR count). The zero-order valence-corrected chi connectivity index (χ0v) is 14.8. The highest BCUT2D eigenvalue weighted by molar-refractivity contribution is 4.97. The van der Waals surface area contributed by atoms with Crippen molar-refractivity contribution < 1.29 is 0 Å². The maximum absolute atomic E-state index is 6.19. The Morgan fingerprint density at radius 1 is 1.25 bits per heavy atom. The van der Waals surface area contributed by atoms with E-state index in [1.807, 2.05) is 0 Å². The van der Waals surface area contributed by atoms with Crippen LogP contribution in [0.2, 0.25) is 0 Å². The van der Waals surface area contributed by atoms with E-state index in [2.05, 4.69) is 46.6 Å². The molecule has 1 fully saturated rings. The molecule has 0 atom stereocenters. The van der Waals surface area contributed by atoms with Crippen LogP contribution in [0.5, 0.6) is 0 Å². The van der Waals surface area contributed by atoms with Gasteiger partial charge in [-0.25, -0.2) is 0 Å². The van der Waals surface area contributed by atoms with E-state index in [0.29, 0.717) is 5.41 Å². The standard InChI is InChI=1S/C18H38N2/c1-7-17(4,5)16-8-11-18(14-19,12-9-16)20(6)13-10-15(2)3/h15-16H,7-14,19H2,1-6H3. The van der Waals surface area contributed by atoms with Crippen molar-refractivity contribution in [1.29, 1.82) is 0 Å². The van der Waals surface area contributed by atoms with Gasteiger partial charge in [0, 0.05) is 12.1 Å². The number of nitrogens with two attached hydrogens (primary N) is 1. The molecule has 0 bridgehead atoms. The molecule has 0 aromatic rings. The summed E-state index contributed by atoms with van der Waals surface area (Å²) in [5, 5.41) is 0. The van der Waals surface area contributed by atoms with Crippen molar-refractivity contribution in [3.63, 3.8) is 0 Å². The molecule has 1 aliphatic rings. The molecule has 0 unspecified atom stereocenters. The lowest BCUT2D eigenvalue weighted by Crippen LogP contribution is -2.55. The van der Waals surface area contributed by atoms with E-state index in [1.54, 1.807) is 0 Å². The van der Waals surface area contributed by atoms with Crippen LogP contribution >= 0.6 is 0 Å². The van der Waals surface area contributed by atoms with Gasteiger partial charge in [0.2, 0.25) is 0 Å². The van der Waals surface area contributed by atoms with Crippen LogP contribution in [-0.2, 0) is 0 Å². The smallest absolute Gasteiger partial charge is 0.0328 e. The van der Waals surface area contributed by atoms with Gasteiger partial charge in [0.05, 0.1) is 0 Å². The van der Waals surface area contributed by atoms with Gasteiger partial charge in [0.25, 0.3) is 0 Å². The Balaban J connectivity index is 2.61. The molecular formula is C18H38N2. The Kier molecular flexibility index (Phi) is 6.53. The second-order valence-corrected chi connectivity index (χ2v) is 8.15. The third-order valence-electron chi connectivity index (χ3n) is 6.16. The maximum atomic E-state index is 6.19. The van der Waals surface area contributed by atoms with Crippen molar-refractivity contribution in [2.75, 3.05) is 20.1 Å². The highest BCUT2D eigenvalue weighted by Crippen LogP contribution is 2.44. The molecule has 2 nitrogen and oxygen atoms in total. The molecule has 1 aliphatic carbocycles. The predicted molar refractivity (Wildman–Crippen MR) is 89.9 cm³/mol. The van der Waals surface area contributed by atoms with Crippen LogP contribution in [0, 0.1) is 17.3 Å². The lowest BCUT2D eigenvalue weighted by Gasteiger charge is -2.49. The Morgan fingerprint density at radius 2 is 1.80 bits per heavy atom. The fourth-order valence-corrected chi connectivity index (χ4v) is 3.66. The van der Waals surface area contributed by atoms with Gasteiger partial charge in [-0.1, -0.05) is 41.0 Å². The van der Waals surface area contributed by atoms with E-state index in [1.165, 1.54) is 45.1 Å². The van der Waals surface area contributed by atoms with Crippen LogP contribution in [0.3, 0.4) is 0 Å². The molecule has 120 valence electrons. The summed E-state index contributed by atoms with van der Waals surface area (Å²) in [5.41, 5.74) is 6.96. The van der Waals surface area contributed by atoms with Gasteiger partial charge in [-0.15, -0.1) is 0 Å². The highest BCUT2D eigenvalue weighted by Gasteiger charge is 2.40. The van der Waals surface area contributed by atoms with Crippen LogP contribution in [0.1, 0.15) is 73.1 Å². The minimum atomic E-state index is 0.273. The summed E-state index contributed by atoms with van der Waals surface area (Å²) in [6.07, 6.45) is 7.84. The van der Waals surface area contributed by atoms with Gasteiger partial charge < -0.3 is 5.73 Å². The largest absolute Gasteiger partial charge is 0.329 e. The molecule has 1 saturated carbocycles. The Labute approximate surface area is 127 Å². The van der Waals surface area contributed by atoms with Crippen LogP contribution < -0.4 is 5.73 Å². The van der Waals surface area contributed by atoms with Crippen LogP contribution in [0.4, 0.5) is 0 Å². The Bertz CT molecular complexity index is 275. The van der Waals surface area contributed by atoms with Gasteiger partial charge in [0.1, 0.15) is 0 Å². The van der Waals surface area contributed by atoms with Gasteiger partial charge in [0.15, 0.2) is 0 Å². The molecule has 0 spiro atoms. The lowest BCUT2D eigenvalue weighted by atomic mass is 9.65. The zero-order chi connectivity index (χ0) is 15.4. The number of hydrogen-bond acceptors (Lipinski definition) is 2. The first kappa shape index (κ1) is 18.0. The molecule has 2 N–H and O–H groups in total. The maximum Gasteiger partial charge on any atom is 0.0328 e. The molecule has 0 radical (unpaired) electrons. The minimum absolute atomic E-state index is 0.273. The number of rotatable bonds is 7. The van der Waals surface area contributed by atoms with E-state index in [4.69, 9.17) is 5.73 Å². The molecule has 0 heterocycles. The molecule has 0 aromatic heterocycles. The van der Waals surface area contributed by atoms with E-state index in [-0.39, 0.29) is 5.54 Å². The normalized spacial score (nSPS) is 28.4. The molecule has 0 amide bonds. The van der Waals surface area contributed by atoms with Crippen LogP contribution in [0.25, 0.3) is 0 Å². The Hall–Kier alpha value is -0.0800. The molecule has 0 saturated heterocycles. The highest BCUT2D eigenvalue weighted by atomic mass is 15.2. The minimum Gasteiger partial charge on any atom is -0.329 e. The second kappa shape index (κ2) is 7.26. The summed E-state index contributed by atoms with van der Waals surface area (Å²) in [6, 6.07) is 0. The Morgan fingerprint density at radius 3 is 2.20 bits per heavy atom. The second-order valence-electron chi connectivity index (χ2n) is 8.15. The molecular weight excluding hydrogens is 244 g/mol. The van der Waals surface area contributed by atoms with Crippen molar-refractivity contribution in [3.05, 3.63) is 0 Å². The topological polar surface area (TPSA) is 29.3 Å².